The maximum absolute atomic E-state index is 11.9. The van der Waals surface area contributed by atoms with E-state index in [1.165, 1.54) is 6.07 Å². The van der Waals surface area contributed by atoms with Crippen LogP contribution in [-0.2, 0) is 0 Å². The molecule has 1 amide bonds. The molecule has 0 aliphatic carbocycles. The minimum atomic E-state index is -0.322. The van der Waals surface area contributed by atoms with E-state index in [2.05, 4.69) is 26.2 Å². The number of thiophene rings is 1. The van der Waals surface area contributed by atoms with Crippen LogP contribution in [0.2, 0.25) is 8.67 Å². The Kier molecular flexibility index (Phi) is 4.27. The largest absolute Gasteiger partial charge is 0.306 e. The number of aromatic nitrogens is 1. The molecule has 2 heterocycles. The number of hydrogen-bond acceptors (Lipinski definition) is 3. The number of carbonyl (C=O) groups is 1. The zero-order chi connectivity index (χ0) is 13.3. The molecule has 0 unspecified atom stereocenters. The average Bonchev–Trinajstić information content (AvgIpc) is 2.63. The zero-order valence-corrected chi connectivity index (χ0v) is 13.0. The van der Waals surface area contributed by atoms with Gasteiger partial charge >= 0.3 is 0 Å². The lowest BCUT2D eigenvalue weighted by Gasteiger charge is -2.05. The Balaban J connectivity index is 2.21. The van der Waals surface area contributed by atoms with Gasteiger partial charge in [-0.05, 0) is 40.5 Å². The summed E-state index contributed by atoms with van der Waals surface area (Å²) in [4.78, 5) is 16.0. The molecule has 0 spiro atoms. The molecule has 0 aromatic carbocycles. The zero-order valence-electron chi connectivity index (χ0n) is 9.13. The molecule has 18 heavy (non-hydrogen) atoms. The van der Waals surface area contributed by atoms with Crippen molar-refractivity contribution in [1.29, 1.82) is 0 Å². The van der Waals surface area contributed by atoms with Crippen LogP contribution in [0.4, 0.5) is 5.82 Å². The van der Waals surface area contributed by atoms with Crippen molar-refractivity contribution in [2.24, 2.45) is 0 Å². The highest BCUT2D eigenvalue weighted by Gasteiger charge is 2.15. The molecule has 1 N–H and O–H groups in total. The van der Waals surface area contributed by atoms with Gasteiger partial charge in [0.05, 0.1) is 9.90 Å². The maximum atomic E-state index is 11.9. The van der Waals surface area contributed by atoms with Crippen LogP contribution in [-0.4, -0.2) is 10.9 Å². The first-order chi connectivity index (χ1) is 8.47. The Labute approximate surface area is 126 Å². The number of nitrogens with one attached hydrogen (secondary N) is 1. The van der Waals surface area contributed by atoms with Gasteiger partial charge in [0.25, 0.3) is 5.91 Å². The quantitative estimate of drug-likeness (QED) is 0.832. The van der Waals surface area contributed by atoms with E-state index in [-0.39, 0.29) is 5.91 Å². The van der Waals surface area contributed by atoms with Gasteiger partial charge in [0.2, 0.25) is 0 Å². The Morgan fingerprint density at radius 1 is 1.44 bits per heavy atom. The molecular weight excluding hydrogens is 359 g/mol. The fraction of sp³-hybridized carbons (Fsp3) is 0.0909. The molecule has 3 nitrogen and oxygen atoms in total. The summed E-state index contributed by atoms with van der Waals surface area (Å²) >= 11 is 16.2. The van der Waals surface area contributed by atoms with Gasteiger partial charge in [0.1, 0.15) is 10.2 Å². The normalized spacial score (nSPS) is 10.4. The predicted octanol–water partition coefficient (Wildman–Crippen LogP) is 4.77. The first-order valence-corrected chi connectivity index (χ1v) is 7.22. The molecule has 94 valence electrons. The van der Waals surface area contributed by atoms with E-state index < -0.39 is 0 Å². The summed E-state index contributed by atoms with van der Waals surface area (Å²) in [5.74, 6) is 0.150. The van der Waals surface area contributed by atoms with E-state index in [4.69, 9.17) is 23.2 Å². The monoisotopic (exact) mass is 364 g/mol. The molecule has 2 aromatic heterocycles. The third-order valence-electron chi connectivity index (χ3n) is 2.19. The van der Waals surface area contributed by atoms with Gasteiger partial charge in [-0.1, -0.05) is 23.2 Å². The molecule has 0 saturated carbocycles. The topological polar surface area (TPSA) is 42.0 Å². The summed E-state index contributed by atoms with van der Waals surface area (Å²) in [5, 5.41) is 2.67. The second-order valence-electron chi connectivity index (χ2n) is 3.51. The maximum Gasteiger partial charge on any atom is 0.259 e. The van der Waals surface area contributed by atoms with E-state index in [1.807, 2.05) is 6.92 Å². The van der Waals surface area contributed by atoms with Crippen molar-refractivity contribution in [2.45, 2.75) is 6.92 Å². The van der Waals surface area contributed by atoms with E-state index in [0.29, 0.717) is 20.1 Å². The molecule has 0 aliphatic rings. The van der Waals surface area contributed by atoms with Gasteiger partial charge in [-0.3, -0.25) is 4.79 Å². The molecule has 7 heteroatoms. The van der Waals surface area contributed by atoms with Gasteiger partial charge < -0.3 is 5.32 Å². The first-order valence-electron chi connectivity index (χ1n) is 4.85. The molecule has 0 radical (unpaired) electrons. The highest BCUT2D eigenvalue weighted by molar-refractivity contribution is 9.10. The van der Waals surface area contributed by atoms with E-state index in [0.717, 1.165) is 21.4 Å². The second-order valence-corrected chi connectivity index (χ2v) is 6.65. The van der Waals surface area contributed by atoms with Gasteiger partial charge in [0.15, 0.2) is 0 Å². The van der Waals surface area contributed by atoms with Crippen LogP contribution < -0.4 is 5.32 Å². The smallest absolute Gasteiger partial charge is 0.259 e. The van der Waals surface area contributed by atoms with Gasteiger partial charge in [-0.2, -0.15) is 0 Å². The SMILES string of the molecule is Cc1cc(NC(=O)c2cc(Cl)sc2Cl)ncc1Br. The fourth-order valence-electron chi connectivity index (χ4n) is 1.29. The van der Waals surface area contributed by atoms with Crippen molar-refractivity contribution in [1.82, 2.24) is 4.98 Å². The lowest BCUT2D eigenvalue weighted by molar-refractivity contribution is 0.102. The number of pyridine rings is 1. The summed E-state index contributed by atoms with van der Waals surface area (Å²) in [6.45, 7) is 1.91. The third-order valence-corrected chi connectivity index (χ3v) is 4.51. The van der Waals surface area contributed by atoms with Crippen LogP contribution >= 0.6 is 50.5 Å². The highest BCUT2D eigenvalue weighted by Crippen LogP contribution is 2.31. The Bertz CT molecular complexity index is 615. The van der Waals surface area contributed by atoms with Crippen LogP contribution in [0.15, 0.2) is 22.8 Å². The Morgan fingerprint density at radius 2 is 2.17 bits per heavy atom. The van der Waals surface area contributed by atoms with Gasteiger partial charge in [0, 0.05) is 10.7 Å². The lowest BCUT2D eigenvalue weighted by Crippen LogP contribution is -2.12. The van der Waals surface area contributed by atoms with Crippen LogP contribution in [0.1, 0.15) is 15.9 Å². The average molecular weight is 366 g/mol. The number of amides is 1. The number of carbonyl (C=O) groups excluding carboxylic acids is 1. The van der Waals surface area contributed by atoms with Crippen molar-refractivity contribution in [3.63, 3.8) is 0 Å². The molecule has 0 fully saturated rings. The highest BCUT2D eigenvalue weighted by atomic mass is 79.9. The summed E-state index contributed by atoms with van der Waals surface area (Å²) in [7, 11) is 0. The van der Waals surface area contributed by atoms with Gasteiger partial charge in [-0.25, -0.2) is 4.98 Å². The predicted molar refractivity (Wildman–Crippen MR) is 79.0 cm³/mol. The summed E-state index contributed by atoms with van der Waals surface area (Å²) in [6, 6.07) is 3.31. The number of anilines is 1. The number of nitrogens with zero attached hydrogens (tertiary/aromatic N) is 1. The van der Waals surface area contributed by atoms with Crippen molar-refractivity contribution < 1.29 is 4.79 Å². The Morgan fingerprint density at radius 3 is 2.72 bits per heavy atom. The van der Waals surface area contributed by atoms with E-state index in [1.54, 1.807) is 12.3 Å². The molecule has 0 atom stereocenters. The number of aryl methyl sites for hydroxylation is 1. The molecular formula is C11H7BrCl2N2OS. The first kappa shape index (κ1) is 13.8. The summed E-state index contributed by atoms with van der Waals surface area (Å²) < 4.78 is 1.73. The molecule has 0 bridgehead atoms. The van der Waals surface area contributed by atoms with E-state index >= 15 is 0 Å². The van der Waals surface area contributed by atoms with Crippen LogP contribution in [0.25, 0.3) is 0 Å². The van der Waals surface area contributed by atoms with Gasteiger partial charge in [-0.15, -0.1) is 11.3 Å². The molecule has 0 saturated heterocycles. The molecule has 2 rings (SSSR count). The fourth-order valence-corrected chi connectivity index (χ4v) is 2.96. The number of halogens is 3. The minimum Gasteiger partial charge on any atom is -0.306 e. The van der Waals surface area contributed by atoms with E-state index in [9.17, 15) is 4.79 Å². The standard InChI is InChI=1S/C11H7BrCl2N2OS/c1-5-2-9(15-4-7(5)12)16-11(17)6-3-8(13)18-10(6)14/h2-4H,1H3,(H,15,16,17). The van der Waals surface area contributed by atoms with Crippen LogP contribution in [0.5, 0.6) is 0 Å². The second kappa shape index (κ2) is 5.57. The van der Waals surface area contributed by atoms with Crippen molar-refractivity contribution in [2.75, 3.05) is 5.32 Å². The summed E-state index contributed by atoms with van der Waals surface area (Å²) in [6.07, 6.45) is 1.63. The van der Waals surface area contributed by atoms with Crippen molar-refractivity contribution in [3.05, 3.63) is 42.6 Å². The molecule has 2 aromatic rings. The van der Waals surface area contributed by atoms with Crippen LogP contribution in [0.3, 0.4) is 0 Å². The Hall–Kier alpha value is -0.620. The van der Waals surface area contributed by atoms with Crippen LogP contribution in [0, 0.1) is 6.92 Å². The third kappa shape index (κ3) is 3.03. The minimum absolute atomic E-state index is 0.322. The lowest BCUT2D eigenvalue weighted by atomic mass is 10.3. The summed E-state index contributed by atoms with van der Waals surface area (Å²) in [5.41, 5.74) is 1.34. The number of rotatable bonds is 2. The van der Waals surface area contributed by atoms with Crippen molar-refractivity contribution in [3.8, 4) is 0 Å². The number of hydrogen-bond donors (Lipinski definition) is 1. The molecule has 0 aliphatic heterocycles. The van der Waals surface area contributed by atoms with Crippen molar-refractivity contribution >= 4 is 62.2 Å².